The van der Waals surface area contributed by atoms with E-state index in [9.17, 15) is 9.90 Å². The van der Waals surface area contributed by atoms with E-state index in [2.05, 4.69) is 36.4 Å². The lowest BCUT2D eigenvalue weighted by atomic mass is 10.3. The van der Waals surface area contributed by atoms with E-state index in [4.69, 9.17) is 4.74 Å². The SMILES string of the molecule is CC(=O)Oc1ccc([P+](c2ccccc2)(c2ccccc2)c2ccccc2)c(O)c1. The highest BCUT2D eigenvalue weighted by Crippen LogP contribution is 2.56. The van der Waals surface area contributed by atoms with Crippen LogP contribution in [-0.2, 0) is 4.79 Å². The molecule has 0 saturated heterocycles. The first-order valence-corrected chi connectivity index (χ1v) is 11.5. The molecule has 0 aliphatic carbocycles. The average molecular weight is 413 g/mol. The first-order valence-electron chi connectivity index (χ1n) is 9.70. The first kappa shape index (κ1) is 19.9. The molecule has 0 fully saturated rings. The number of rotatable bonds is 5. The van der Waals surface area contributed by atoms with Gasteiger partial charge in [-0.3, -0.25) is 4.79 Å². The summed E-state index contributed by atoms with van der Waals surface area (Å²) >= 11 is 0. The zero-order valence-corrected chi connectivity index (χ0v) is 17.5. The van der Waals surface area contributed by atoms with E-state index >= 15 is 0 Å². The Morgan fingerprint density at radius 3 is 1.50 bits per heavy atom. The van der Waals surface area contributed by atoms with Gasteiger partial charge in [0.05, 0.1) is 0 Å². The van der Waals surface area contributed by atoms with Gasteiger partial charge >= 0.3 is 5.97 Å². The molecule has 0 bridgehead atoms. The van der Waals surface area contributed by atoms with E-state index in [1.165, 1.54) is 13.0 Å². The molecule has 0 aliphatic heterocycles. The van der Waals surface area contributed by atoms with Gasteiger partial charge in [0.15, 0.2) is 11.1 Å². The number of phenolic OH excluding ortho intramolecular Hbond substituents is 1. The van der Waals surface area contributed by atoms with Crippen molar-refractivity contribution >= 4 is 34.4 Å². The van der Waals surface area contributed by atoms with E-state index in [1.54, 1.807) is 6.07 Å². The molecule has 4 aromatic rings. The molecule has 4 rings (SSSR count). The minimum atomic E-state index is -2.39. The summed E-state index contributed by atoms with van der Waals surface area (Å²) in [6.07, 6.45) is 0. The van der Waals surface area contributed by atoms with Crippen LogP contribution >= 0.6 is 7.26 Å². The molecule has 0 radical (unpaired) electrons. The van der Waals surface area contributed by atoms with Crippen molar-refractivity contribution in [2.45, 2.75) is 6.92 Å². The largest absolute Gasteiger partial charge is 0.504 e. The van der Waals surface area contributed by atoms with Gasteiger partial charge in [0, 0.05) is 13.0 Å². The maximum Gasteiger partial charge on any atom is 0.308 e. The van der Waals surface area contributed by atoms with Gasteiger partial charge in [-0.2, -0.15) is 0 Å². The number of carbonyl (C=O) groups is 1. The molecule has 1 N–H and O–H groups in total. The summed E-state index contributed by atoms with van der Waals surface area (Å²) in [5.41, 5.74) is 0. The second-order valence-corrected chi connectivity index (χ2v) is 10.3. The molecule has 0 unspecified atom stereocenters. The minimum Gasteiger partial charge on any atom is -0.504 e. The smallest absolute Gasteiger partial charge is 0.308 e. The molecule has 4 aromatic carbocycles. The van der Waals surface area contributed by atoms with E-state index in [1.807, 2.05) is 60.7 Å². The molecule has 0 atom stereocenters. The third-order valence-corrected chi connectivity index (χ3v) is 9.32. The van der Waals surface area contributed by atoms with Crippen molar-refractivity contribution in [1.82, 2.24) is 0 Å². The molecule has 0 heterocycles. The van der Waals surface area contributed by atoms with Crippen LogP contribution in [0.2, 0.25) is 0 Å². The quantitative estimate of drug-likeness (QED) is 0.306. The van der Waals surface area contributed by atoms with Crippen LogP contribution < -0.4 is 26.0 Å². The molecule has 0 saturated carbocycles. The highest BCUT2D eigenvalue weighted by Gasteiger charge is 2.49. The third kappa shape index (κ3) is 3.60. The zero-order chi connectivity index (χ0) is 21.0. The fourth-order valence-electron chi connectivity index (χ4n) is 3.84. The van der Waals surface area contributed by atoms with E-state index in [0.29, 0.717) is 5.75 Å². The van der Waals surface area contributed by atoms with Crippen molar-refractivity contribution in [3.63, 3.8) is 0 Å². The minimum absolute atomic E-state index is 0.110. The molecule has 0 spiro atoms. The summed E-state index contributed by atoms with van der Waals surface area (Å²) in [6.45, 7) is 1.35. The number of aromatic hydroxyl groups is 1. The van der Waals surface area contributed by atoms with Crippen LogP contribution in [0, 0.1) is 0 Å². The van der Waals surface area contributed by atoms with Crippen LogP contribution in [0.3, 0.4) is 0 Å². The Morgan fingerprint density at radius 1 is 0.700 bits per heavy atom. The molecule has 4 heteroatoms. The number of hydrogen-bond acceptors (Lipinski definition) is 3. The van der Waals surface area contributed by atoms with Crippen LogP contribution in [0.15, 0.2) is 109 Å². The lowest BCUT2D eigenvalue weighted by Gasteiger charge is -2.28. The van der Waals surface area contributed by atoms with Crippen molar-refractivity contribution in [1.29, 1.82) is 0 Å². The van der Waals surface area contributed by atoms with Gasteiger partial charge < -0.3 is 9.84 Å². The monoisotopic (exact) mass is 413 g/mol. The van der Waals surface area contributed by atoms with Gasteiger partial charge in [0.25, 0.3) is 0 Å². The normalized spacial score (nSPS) is 11.1. The van der Waals surface area contributed by atoms with Gasteiger partial charge in [-0.25, -0.2) is 0 Å². The molecule has 0 aromatic heterocycles. The predicted molar refractivity (Wildman–Crippen MR) is 124 cm³/mol. The standard InChI is InChI=1S/C26H21O3P/c1-20(27)29-21-17-18-26(25(28)19-21)30(22-11-5-2-6-12-22,23-13-7-3-8-14-23)24-15-9-4-10-16-24/h2-19H,1H3/p+1. The number of ether oxygens (including phenoxy) is 1. The second-order valence-electron chi connectivity index (χ2n) is 6.92. The number of phenols is 1. The van der Waals surface area contributed by atoms with E-state index in [0.717, 1.165) is 21.2 Å². The average Bonchev–Trinajstić information content (AvgIpc) is 2.77. The number of esters is 1. The van der Waals surface area contributed by atoms with Gasteiger partial charge in [0.2, 0.25) is 0 Å². The summed E-state index contributed by atoms with van der Waals surface area (Å²) in [5, 5.41) is 15.4. The Morgan fingerprint density at radius 2 is 1.13 bits per heavy atom. The van der Waals surface area contributed by atoms with Crippen molar-refractivity contribution in [2.75, 3.05) is 0 Å². The highest BCUT2D eigenvalue weighted by atomic mass is 31.2. The van der Waals surface area contributed by atoms with Crippen molar-refractivity contribution < 1.29 is 14.6 Å². The summed E-state index contributed by atoms with van der Waals surface area (Å²) in [7, 11) is -2.39. The summed E-state index contributed by atoms with van der Waals surface area (Å²) in [5.74, 6) is 0.0204. The lowest BCUT2D eigenvalue weighted by molar-refractivity contribution is -0.131. The Kier molecular flexibility index (Phi) is 5.65. The summed E-state index contributed by atoms with van der Waals surface area (Å²) < 4.78 is 5.19. The Labute approximate surface area is 176 Å². The molecule has 0 amide bonds. The molecular weight excluding hydrogens is 391 g/mol. The first-order chi connectivity index (χ1) is 14.6. The van der Waals surface area contributed by atoms with Gasteiger partial charge in [0.1, 0.15) is 28.9 Å². The van der Waals surface area contributed by atoms with Crippen LogP contribution in [0.4, 0.5) is 0 Å². The number of carbonyl (C=O) groups excluding carboxylic acids is 1. The van der Waals surface area contributed by atoms with Crippen molar-refractivity contribution in [3.8, 4) is 11.5 Å². The maximum atomic E-state index is 11.4. The Hall–Kier alpha value is -3.42. The van der Waals surface area contributed by atoms with Crippen LogP contribution in [0.1, 0.15) is 6.92 Å². The summed E-state index contributed by atoms with van der Waals surface area (Å²) in [6, 6.07) is 36.0. The number of benzene rings is 4. The van der Waals surface area contributed by atoms with Gasteiger partial charge in [-0.1, -0.05) is 54.6 Å². The van der Waals surface area contributed by atoms with Crippen LogP contribution in [-0.4, -0.2) is 11.1 Å². The van der Waals surface area contributed by atoms with Crippen LogP contribution in [0.25, 0.3) is 0 Å². The van der Waals surface area contributed by atoms with E-state index < -0.39 is 13.2 Å². The zero-order valence-electron chi connectivity index (χ0n) is 16.6. The second kappa shape index (κ2) is 8.52. The van der Waals surface area contributed by atoms with E-state index in [-0.39, 0.29) is 5.75 Å². The fraction of sp³-hybridized carbons (Fsp3) is 0.0385. The van der Waals surface area contributed by atoms with Crippen LogP contribution in [0.5, 0.6) is 11.5 Å². The number of hydrogen-bond donors (Lipinski definition) is 1. The van der Waals surface area contributed by atoms with Gasteiger partial charge in [-0.05, 0) is 48.5 Å². The summed E-state index contributed by atoms with van der Waals surface area (Å²) in [4.78, 5) is 11.4. The Bertz CT molecular complexity index is 1050. The Balaban J connectivity index is 2.07. The topological polar surface area (TPSA) is 46.5 Å². The maximum absolute atomic E-state index is 11.4. The molecule has 30 heavy (non-hydrogen) atoms. The predicted octanol–water partition coefficient (Wildman–Crippen LogP) is 3.94. The molecule has 3 nitrogen and oxygen atoms in total. The molecule has 148 valence electrons. The lowest BCUT2D eigenvalue weighted by Crippen LogP contribution is -2.38. The molecule has 0 aliphatic rings. The highest BCUT2D eigenvalue weighted by molar-refractivity contribution is 8.01. The van der Waals surface area contributed by atoms with Crippen molar-refractivity contribution in [3.05, 3.63) is 109 Å². The van der Waals surface area contributed by atoms with Crippen molar-refractivity contribution in [2.24, 2.45) is 0 Å². The molecular formula is C26H22O3P+. The van der Waals surface area contributed by atoms with Gasteiger partial charge in [-0.15, -0.1) is 0 Å². The fourth-order valence-corrected chi connectivity index (χ4v) is 8.13. The third-order valence-electron chi connectivity index (χ3n) is 5.00.